The van der Waals surface area contributed by atoms with Gasteiger partial charge in [-0.2, -0.15) is 0 Å². The summed E-state index contributed by atoms with van der Waals surface area (Å²) in [5.74, 6) is -0.573. The first-order valence-electron chi connectivity index (χ1n) is 7.74. The highest BCUT2D eigenvalue weighted by Crippen LogP contribution is 2.42. The van der Waals surface area contributed by atoms with Crippen LogP contribution in [0.1, 0.15) is 16.2 Å². The van der Waals surface area contributed by atoms with Gasteiger partial charge in [0.2, 0.25) is 0 Å². The van der Waals surface area contributed by atoms with Crippen molar-refractivity contribution in [2.45, 2.75) is 6.54 Å². The maximum Gasteiger partial charge on any atom is 0.271 e. The van der Waals surface area contributed by atoms with Gasteiger partial charge < -0.3 is 14.6 Å². The number of benzene rings is 1. The number of aliphatic hydroxyl groups excluding tert-OH is 1. The third-order valence-corrected chi connectivity index (χ3v) is 5.16. The average Bonchev–Trinajstić information content (AvgIpc) is 2.94. The van der Waals surface area contributed by atoms with Crippen molar-refractivity contribution in [3.63, 3.8) is 0 Å². The molecule has 1 aromatic heterocycles. The van der Waals surface area contributed by atoms with E-state index in [-0.39, 0.29) is 24.9 Å². The molecule has 1 aliphatic rings. The van der Waals surface area contributed by atoms with Crippen molar-refractivity contribution >= 4 is 47.0 Å². The van der Waals surface area contributed by atoms with Crippen LogP contribution in [-0.2, 0) is 6.54 Å². The van der Waals surface area contributed by atoms with Gasteiger partial charge in [-0.15, -0.1) is 0 Å². The normalized spacial score (nSPS) is 13.7. The highest BCUT2D eigenvalue weighted by Gasteiger charge is 2.33. The average molecular weight is 453 g/mol. The lowest BCUT2D eigenvalue weighted by Gasteiger charge is -2.29. The highest BCUT2D eigenvalue weighted by atomic mass is 127. The molecule has 0 radical (unpaired) electrons. The zero-order valence-corrected chi connectivity index (χ0v) is 15.7. The third kappa shape index (κ3) is 2.91. The van der Waals surface area contributed by atoms with Crippen molar-refractivity contribution in [2.24, 2.45) is 4.99 Å². The molecule has 0 saturated carbocycles. The number of hydrogen-bond donors (Lipinski definition) is 1. The van der Waals surface area contributed by atoms with Crippen LogP contribution in [0.3, 0.4) is 0 Å². The second-order valence-electron chi connectivity index (χ2n) is 5.62. The van der Waals surface area contributed by atoms with E-state index in [0.717, 1.165) is 0 Å². The minimum absolute atomic E-state index is 0.110. The molecule has 130 valence electrons. The molecule has 1 aliphatic heterocycles. The lowest BCUT2D eigenvalue weighted by Crippen LogP contribution is -2.42. The number of nitrogens with zero attached hydrogens (tertiary/aromatic N) is 3. The Hall–Kier alpha value is -2.00. The number of halogens is 2. The maximum atomic E-state index is 14.1. The van der Waals surface area contributed by atoms with Gasteiger partial charge in [0.05, 0.1) is 18.0 Å². The van der Waals surface area contributed by atoms with E-state index in [9.17, 15) is 14.3 Å². The largest absolute Gasteiger partial charge is 0.395 e. The summed E-state index contributed by atoms with van der Waals surface area (Å²) in [4.78, 5) is 18.6. The summed E-state index contributed by atoms with van der Waals surface area (Å²) in [5, 5.41) is 9.19. The van der Waals surface area contributed by atoms with Crippen LogP contribution in [0.15, 0.2) is 29.8 Å². The van der Waals surface area contributed by atoms with E-state index in [1.807, 2.05) is 27.2 Å². The number of aliphatic hydroxyl groups is 1. The topological polar surface area (TPSA) is 57.8 Å². The Bertz CT molecular complexity index is 876. The number of amides is 1. The fraction of sp³-hybridized carbons (Fsp3) is 0.222. The summed E-state index contributed by atoms with van der Waals surface area (Å²) in [6.45, 7) is 8.62. The monoisotopic (exact) mass is 453 g/mol. The predicted molar refractivity (Wildman–Crippen MR) is 105 cm³/mol. The van der Waals surface area contributed by atoms with Crippen molar-refractivity contribution in [3.05, 3.63) is 45.6 Å². The van der Waals surface area contributed by atoms with E-state index < -0.39 is 0 Å². The van der Waals surface area contributed by atoms with Crippen LogP contribution < -0.4 is 0 Å². The number of aliphatic imine (C=N–C) groups is 1. The van der Waals surface area contributed by atoms with Gasteiger partial charge in [-0.1, -0.05) is 12.6 Å². The van der Waals surface area contributed by atoms with Gasteiger partial charge in [-0.05, 0) is 53.1 Å². The molecule has 1 aromatic carbocycles. The minimum Gasteiger partial charge on any atom is -0.395 e. The van der Waals surface area contributed by atoms with Gasteiger partial charge >= 0.3 is 0 Å². The molecule has 1 N–H and O–H groups in total. The molecule has 5 nitrogen and oxygen atoms in total. The number of carbonyl (C=O) groups excluding carboxylic acids is 1. The van der Waals surface area contributed by atoms with Crippen molar-refractivity contribution in [1.29, 1.82) is 0 Å². The Labute approximate surface area is 158 Å². The minimum atomic E-state index is -0.358. The molecule has 0 saturated heterocycles. The number of carbonyl (C=O) groups is 1. The molecule has 0 unspecified atom stereocenters. The van der Waals surface area contributed by atoms with Crippen molar-refractivity contribution in [1.82, 2.24) is 9.47 Å². The van der Waals surface area contributed by atoms with Crippen molar-refractivity contribution < 1.29 is 14.3 Å². The van der Waals surface area contributed by atoms with Crippen LogP contribution in [0, 0.1) is 9.39 Å². The summed E-state index contributed by atoms with van der Waals surface area (Å²) in [6.07, 6.45) is 1.63. The van der Waals surface area contributed by atoms with Crippen LogP contribution in [0.4, 0.5) is 10.1 Å². The number of hydrogen-bond acceptors (Lipinski definition) is 3. The van der Waals surface area contributed by atoms with Crippen molar-refractivity contribution in [2.75, 3.05) is 19.7 Å². The van der Waals surface area contributed by atoms with Gasteiger partial charge in [0.1, 0.15) is 11.5 Å². The fourth-order valence-corrected chi connectivity index (χ4v) is 3.51. The standard InChI is InChI=1S/C18H17FIN3O2/c1-3-14-16(21-2)15(11-4-5-13(20)12(19)10-11)17-18(25)22(8-9-24)6-7-23(14)17/h3-5,10,24H,1-2,6-9H2. The van der Waals surface area contributed by atoms with E-state index in [4.69, 9.17) is 0 Å². The van der Waals surface area contributed by atoms with Gasteiger partial charge in [-0.25, -0.2) is 4.39 Å². The quantitative estimate of drug-likeness (QED) is 0.558. The molecule has 2 aromatic rings. The maximum absolute atomic E-state index is 14.1. The number of rotatable bonds is 5. The molecule has 0 atom stereocenters. The number of fused-ring (bicyclic) bond motifs is 1. The van der Waals surface area contributed by atoms with Crippen LogP contribution in [0.5, 0.6) is 0 Å². The van der Waals surface area contributed by atoms with Crippen LogP contribution in [0.25, 0.3) is 17.2 Å². The van der Waals surface area contributed by atoms with Crippen LogP contribution >= 0.6 is 22.6 Å². The summed E-state index contributed by atoms with van der Waals surface area (Å²) < 4.78 is 16.5. The second kappa shape index (κ2) is 7.09. The summed E-state index contributed by atoms with van der Waals surface area (Å²) in [7, 11) is 0. The van der Waals surface area contributed by atoms with Gasteiger partial charge in [0.15, 0.2) is 0 Å². The lowest BCUT2D eigenvalue weighted by atomic mass is 10.0. The molecule has 1 amide bonds. The van der Waals surface area contributed by atoms with E-state index in [1.165, 1.54) is 6.07 Å². The first-order valence-corrected chi connectivity index (χ1v) is 8.82. The molecule has 25 heavy (non-hydrogen) atoms. The van der Waals surface area contributed by atoms with Gasteiger partial charge in [-0.3, -0.25) is 9.79 Å². The second-order valence-corrected chi connectivity index (χ2v) is 6.78. The molecule has 0 fully saturated rings. The molecule has 3 rings (SSSR count). The number of aromatic nitrogens is 1. The zero-order chi connectivity index (χ0) is 18.1. The summed E-state index contributed by atoms with van der Waals surface area (Å²) >= 11 is 1.92. The SMILES string of the molecule is C=Cc1c(N=C)c(-c2ccc(I)c(F)c2)c2n1CCN(CCO)C2=O. The van der Waals surface area contributed by atoms with E-state index in [1.54, 1.807) is 23.1 Å². The molecule has 7 heteroatoms. The molecular formula is C18H17FIN3O2. The first kappa shape index (κ1) is 17.8. The van der Waals surface area contributed by atoms with E-state index in [0.29, 0.717) is 44.9 Å². The zero-order valence-electron chi connectivity index (χ0n) is 13.5. The molecule has 0 bridgehead atoms. The predicted octanol–water partition coefficient (Wildman–Crippen LogP) is 3.32. The Morgan fingerprint density at radius 3 is 2.76 bits per heavy atom. The highest BCUT2D eigenvalue weighted by molar-refractivity contribution is 14.1. The first-order chi connectivity index (χ1) is 12.0. The van der Waals surface area contributed by atoms with Gasteiger partial charge in [0, 0.05) is 28.8 Å². The van der Waals surface area contributed by atoms with E-state index in [2.05, 4.69) is 18.3 Å². The van der Waals surface area contributed by atoms with Crippen LogP contribution in [-0.4, -0.2) is 46.9 Å². The number of β-amino-alcohol motifs (C(OH)–C–C–N with tert-alkyl or cyclic N) is 1. The lowest BCUT2D eigenvalue weighted by molar-refractivity contribution is 0.0669. The molecule has 0 spiro atoms. The Morgan fingerprint density at radius 2 is 2.16 bits per heavy atom. The Kier molecular flexibility index (Phi) is 5.05. The summed E-state index contributed by atoms with van der Waals surface area (Å²) in [6, 6.07) is 4.83. The third-order valence-electron chi connectivity index (χ3n) is 4.29. The molecular weight excluding hydrogens is 436 g/mol. The van der Waals surface area contributed by atoms with Gasteiger partial charge in [0.25, 0.3) is 5.91 Å². The molecule has 2 heterocycles. The van der Waals surface area contributed by atoms with E-state index >= 15 is 0 Å². The Morgan fingerprint density at radius 1 is 1.40 bits per heavy atom. The molecule has 0 aliphatic carbocycles. The Balaban J connectivity index is 2.29. The smallest absolute Gasteiger partial charge is 0.271 e. The fourth-order valence-electron chi connectivity index (χ4n) is 3.18. The summed E-state index contributed by atoms with van der Waals surface area (Å²) in [5.41, 5.74) is 2.75. The van der Waals surface area contributed by atoms with Crippen molar-refractivity contribution in [3.8, 4) is 11.1 Å². The van der Waals surface area contributed by atoms with Crippen LogP contribution in [0.2, 0.25) is 0 Å².